The van der Waals surface area contributed by atoms with Crippen molar-refractivity contribution in [2.45, 2.75) is 16.9 Å². The molecular formula is C14H17F3N2O2S2. The molecule has 1 aliphatic rings. The molecule has 0 radical (unpaired) electrons. The van der Waals surface area contributed by atoms with E-state index in [1.54, 1.807) is 12.1 Å². The van der Waals surface area contributed by atoms with Gasteiger partial charge in [-0.25, -0.2) is 8.42 Å². The molecule has 1 aromatic rings. The molecule has 1 fully saturated rings. The first-order valence-corrected chi connectivity index (χ1v) is 9.21. The third-order valence-electron chi connectivity index (χ3n) is 3.46. The van der Waals surface area contributed by atoms with Gasteiger partial charge >= 0.3 is 5.51 Å². The zero-order chi connectivity index (χ0) is 17.1. The number of piperazine rings is 1. The Labute approximate surface area is 138 Å². The molecule has 0 unspecified atom stereocenters. The van der Waals surface area contributed by atoms with Gasteiger partial charge in [-0.15, -0.1) is 0 Å². The van der Waals surface area contributed by atoms with E-state index in [1.807, 2.05) is 0 Å². The highest BCUT2D eigenvalue weighted by Gasteiger charge is 2.29. The van der Waals surface area contributed by atoms with Crippen molar-refractivity contribution in [2.75, 3.05) is 26.2 Å². The second-order valence-electron chi connectivity index (χ2n) is 5.08. The van der Waals surface area contributed by atoms with E-state index in [2.05, 4.69) is 11.5 Å². The van der Waals surface area contributed by atoms with Crippen LogP contribution in [0.5, 0.6) is 0 Å². The van der Waals surface area contributed by atoms with Crippen molar-refractivity contribution in [1.29, 1.82) is 0 Å². The van der Waals surface area contributed by atoms with Crippen LogP contribution in [-0.4, -0.2) is 49.3 Å². The molecule has 23 heavy (non-hydrogen) atoms. The minimum Gasteiger partial charge on any atom is -0.296 e. The fraction of sp³-hybridized carbons (Fsp3) is 0.429. The zero-order valence-corrected chi connectivity index (χ0v) is 13.9. The van der Waals surface area contributed by atoms with Gasteiger partial charge < -0.3 is 0 Å². The fourth-order valence-electron chi connectivity index (χ4n) is 2.30. The maximum atomic E-state index is 12.3. The maximum Gasteiger partial charge on any atom is 0.446 e. The summed E-state index contributed by atoms with van der Waals surface area (Å²) >= 11 is -0.135. The topological polar surface area (TPSA) is 40.6 Å². The normalized spacial score (nSPS) is 18.0. The van der Waals surface area contributed by atoms with Crippen LogP contribution < -0.4 is 0 Å². The quantitative estimate of drug-likeness (QED) is 0.752. The van der Waals surface area contributed by atoms with Gasteiger partial charge in [0.05, 0.1) is 0 Å². The fourth-order valence-corrected chi connectivity index (χ4v) is 3.72. The summed E-state index contributed by atoms with van der Waals surface area (Å²) in [7, 11) is -3.38. The Morgan fingerprint density at radius 3 is 2.17 bits per heavy atom. The van der Waals surface area contributed by atoms with Crippen LogP contribution in [0.4, 0.5) is 13.2 Å². The maximum absolute atomic E-state index is 12.3. The summed E-state index contributed by atoms with van der Waals surface area (Å²) in [5.41, 5.74) is -3.38. The third kappa shape index (κ3) is 5.52. The molecule has 0 bridgehead atoms. The van der Waals surface area contributed by atoms with Crippen molar-refractivity contribution in [3.8, 4) is 0 Å². The summed E-state index contributed by atoms with van der Waals surface area (Å²) in [5, 5.41) is 0.944. The highest BCUT2D eigenvalue weighted by atomic mass is 32.2. The summed E-state index contributed by atoms with van der Waals surface area (Å²) in [5.74, 6) is 0. The third-order valence-corrected chi connectivity index (χ3v) is 5.71. The van der Waals surface area contributed by atoms with Gasteiger partial charge in [-0.2, -0.15) is 17.5 Å². The second-order valence-corrected chi connectivity index (χ2v) is 8.10. The molecule has 1 aromatic carbocycles. The van der Waals surface area contributed by atoms with Crippen molar-refractivity contribution in [2.24, 2.45) is 0 Å². The summed E-state index contributed by atoms with van der Waals surface area (Å²) in [6.07, 6.45) is 0. The summed E-state index contributed by atoms with van der Waals surface area (Å²) in [6.45, 7) is 5.81. The van der Waals surface area contributed by atoms with Gasteiger partial charge in [-0.05, 0) is 29.5 Å². The van der Waals surface area contributed by atoms with Gasteiger partial charge in [0.15, 0.2) is 0 Å². The Morgan fingerprint density at radius 1 is 1.13 bits per heavy atom. The lowest BCUT2D eigenvalue weighted by Gasteiger charge is -2.33. The van der Waals surface area contributed by atoms with Crippen LogP contribution in [-0.2, 0) is 16.6 Å². The highest BCUT2D eigenvalue weighted by Crippen LogP contribution is 2.36. The van der Waals surface area contributed by atoms with E-state index < -0.39 is 15.5 Å². The lowest BCUT2D eigenvalue weighted by Crippen LogP contribution is -2.47. The first-order valence-electron chi connectivity index (χ1n) is 6.89. The van der Waals surface area contributed by atoms with Gasteiger partial charge in [0.2, 0.25) is 10.0 Å². The smallest absolute Gasteiger partial charge is 0.296 e. The van der Waals surface area contributed by atoms with E-state index >= 15 is 0 Å². The molecule has 4 nitrogen and oxygen atoms in total. The molecule has 0 aromatic heterocycles. The van der Waals surface area contributed by atoms with Crippen molar-refractivity contribution in [1.82, 2.24) is 9.21 Å². The van der Waals surface area contributed by atoms with Gasteiger partial charge in [0.25, 0.3) is 0 Å². The van der Waals surface area contributed by atoms with Gasteiger partial charge in [-0.1, -0.05) is 18.7 Å². The Morgan fingerprint density at radius 2 is 1.70 bits per heavy atom. The standard InChI is InChI=1S/C14H17F3N2O2S2/c1-2-23(20,21)19-9-7-18(8-10-19)11-12-3-5-13(6-4-12)22-14(15,16)17/h2-6H,1,7-11H2. The Hall–Kier alpha value is -1.03. The summed E-state index contributed by atoms with van der Waals surface area (Å²) < 4.78 is 61.5. The van der Waals surface area contributed by atoms with Crippen LogP contribution in [0, 0.1) is 0 Å². The first kappa shape index (κ1) is 18.3. The summed E-state index contributed by atoms with van der Waals surface area (Å²) in [4.78, 5) is 2.23. The van der Waals surface area contributed by atoms with Crippen molar-refractivity contribution in [3.05, 3.63) is 41.8 Å². The SMILES string of the molecule is C=CS(=O)(=O)N1CCN(Cc2ccc(SC(F)(F)F)cc2)CC1. The Kier molecular flexibility index (Phi) is 5.77. The Balaban J connectivity index is 1.88. The number of halogens is 3. The van der Waals surface area contributed by atoms with E-state index in [0.29, 0.717) is 32.7 Å². The molecule has 0 saturated carbocycles. The van der Waals surface area contributed by atoms with E-state index in [4.69, 9.17) is 0 Å². The molecule has 1 aliphatic heterocycles. The Bertz CT molecular complexity index is 637. The van der Waals surface area contributed by atoms with Crippen LogP contribution in [0.2, 0.25) is 0 Å². The second kappa shape index (κ2) is 7.25. The molecule has 1 saturated heterocycles. The van der Waals surface area contributed by atoms with Gasteiger partial charge in [0.1, 0.15) is 0 Å². The molecule has 0 aliphatic carbocycles. The molecule has 0 spiro atoms. The molecule has 0 N–H and O–H groups in total. The monoisotopic (exact) mass is 366 g/mol. The highest BCUT2D eigenvalue weighted by molar-refractivity contribution is 8.00. The molecule has 0 amide bonds. The molecule has 9 heteroatoms. The number of rotatable bonds is 5. The number of thioether (sulfide) groups is 1. The molecule has 0 atom stereocenters. The van der Waals surface area contributed by atoms with Crippen molar-refractivity contribution < 1.29 is 21.6 Å². The van der Waals surface area contributed by atoms with Crippen molar-refractivity contribution in [3.63, 3.8) is 0 Å². The predicted molar refractivity (Wildman–Crippen MR) is 84.3 cm³/mol. The van der Waals surface area contributed by atoms with Crippen molar-refractivity contribution >= 4 is 21.8 Å². The minimum atomic E-state index is -4.28. The van der Waals surface area contributed by atoms with Gasteiger partial charge in [0, 0.05) is 43.0 Å². The van der Waals surface area contributed by atoms with E-state index in [9.17, 15) is 21.6 Å². The number of benzene rings is 1. The van der Waals surface area contributed by atoms with E-state index in [1.165, 1.54) is 16.4 Å². The number of alkyl halides is 3. The van der Waals surface area contributed by atoms with E-state index in [-0.39, 0.29) is 16.7 Å². The van der Waals surface area contributed by atoms with Crippen LogP contribution in [0.1, 0.15) is 5.56 Å². The lowest BCUT2D eigenvalue weighted by atomic mass is 10.2. The van der Waals surface area contributed by atoms with Crippen LogP contribution in [0.3, 0.4) is 0 Å². The largest absolute Gasteiger partial charge is 0.446 e. The van der Waals surface area contributed by atoms with E-state index in [0.717, 1.165) is 11.0 Å². The average Bonchev–Trinajstić information content (AvgIpc) is 2.48. The predicted octanol–water partition coefficient (Wildman–Crippen LogP) is 2.89. The molecule has 128 valence electrons. The first-order chi connectivity index (χ1) is 10.7. The number of hydrogen-bond acceptors (Lipinski definition) is 4. The van der Waals surface area contributed by atoms with Crippen LogP contribution in [0.15, 0.2) is 41.1 Å². The minimum absolute atomic E-state index is 0.135. The number of sulfonamides is 1. The van der Waals surface area contributed by atoms with Gasteiger partial charge in [-0.3, -0.25) is 4.90 Å². The number of nitrogens with zero attached hydrogens (tertiary/aromatic N) is 2. The lowest BCUT2D eigenvalue weighted by molar-refractivity contribution is -0.0328. The average molecular weight is 366 g/mol. The number of hydrogen-bond donors (Lipinski definition) is 0. The molecule has 1 heterocycles. The molecular weight excluding hydrogens is 349 g/mol. The summed E-state index contributed by atoms with van der Waals surface area (Å²) in [6, 6.07) is 6.24. The van der Waals surface area contributed by atoms with Crippen LogP contribution >= 0.6 is 11.8 Å². The van der Waals surface area contributed by atoms with Crippen LogP contribution in [0.25, 0.3) is 0 Å². The zero-order valence-electron chi connectivity index (χ0n) is 12.3. The molecule has 2 rings (SSSR count).